The second-order valence-corrected chi connectivity index (χ2v) is 16.6. The molecule has 5 saturated carbocycles. The summed E-state index contributed by atoms with van der Waals surface area (Å²) in [4.78, 5) is 0. The normalized spacial score (nSPS) is 29.9. The van der Waals surface area contributed by atoms with Crippen LogP contribution in [0.1, 0.15) is 179 Å². The summed E-state index contributed by atoms with van der Waals surface area (Å²) in [6.07, 6.45) is 28.9. The third-order valence-corrected chi connectivity index (χ3v) is 9.80. The predicted molar refractivity (Wildman–Crippen MR) is 181 cm³/mol. The van der Waals surface area contributed by atoms with Gasteiger partial charge in [-0.1, -0.05) is 138 Å². The average Bonchev–Trinajstić information content (AvgIpc) is 3.69. The van der Waals surface area contributed by atoms with Crippen molar-refractivity contribution in [3.63, 3.8) is 0 Å². The summed E-state index contributed by atoms with van der Waals surface area (Å²) in [5.74, 6) is 8.06. The number of hydrogen-bond donors (Lipinski definition) is 0. The van der Waals surface area contributed by atoms with E-state index in [2.05, 4.69) is 88.3 Å². The van der Waals surface area contributed by atoms with Crippen molar-refractivity contribution >= 4 is 0 Å². The molecule has 238 valence electrons. The summed E-state index contributed by atoms with van der Waals surface area (Å²) >= 11 is 0. The smallest absolute Gasteiger partial charge is 0.358 e. The second-order valence-electron chi connectivity index (χ2n) is 16.6. The maximum Gasteiger partial charge on any atom is 2.00 e. The van der Waals surface area contributed by atoms with Crippen molar-refractivity contribution in [2.24, 2.45) is 46.3 Å². The molecular formula is C39H76W. The van der Waals surface area contributed by atoms with E-state index in [1.165, 1.54) is 56.3 Å². The van der Waals surface area contributed by atoms with E-state index in [0.29, 0.717) is 10.8 Å². The molecule has 4 unspecified atom stereocenters. The van der Waals surface area contributed by atoms with Crippen LogP contribution in [0.3, 0.4) is 0 Å². The summed E-state index contributed by atoms with van der Waals surface area (Å²) in [6, 6.07) is 0. The van der Waals surface area contributed by atoms with Gasteiger partial charge in [0.2, 0.25) is 0 Å². The standard InChI is InChI=1S/C8H14.C7H12.C7H10.2C6H14.C4H9.CH3.W/c1-2-7-4-5-8(3-1)6-7;2*1-2-7-4-3-6(1)5-7;2*1-5-6(2,3)4;1-4(2)3;;/h7-8H,1-6H2;6-7H,1-5H2;1-2,6-7H,3-5H2;2*5H2,1-4H3;1-3H3;1H3;/q;;;;;2*-1;+2. The Morgan fingerprint density at radius 3 is 0.900 bits per heavy atom. The van der Waals surface area contributed by atoms with Crippen LogP contribution in [0.5, 0.6) is 0 Å². The minimum absolute atomic E-state index is 0. The molecule has 5 fully saturated rings. The molecular weight excluding hydrogens is 652 g/mol. The molecule has 6 rings (SSSR count). The molecule has 4 atom stereocenters. The van der Waals surface area contributed by atoms with Crippen molar-refractivity contribution < 1.29 is 21.1 Å². The van der Waals surface area contributed by atoms with Gasteiger partial charge < -0.3 is 13.3 Å². The first-order chi connectivity index (χ1) is 17.7. The van der Waals surface area contributed by atoms with Crippen molar-refractivity contribution in [3.8, 4) is 0 Å². The van der Waals surface area contributed by atoms with Crippen LogP contribution in [0.4, 0.5) is 0 Å². The minimum Gasteiger partial charge on any atom is -0.358 e. The van der Waals surface area contributed by atoms with E-state index >= 15 is 0 Å². The maximum absolute atomic E-state index is 2.38. The van der Waals surface area contributed by atoms with E-state index in [1.54, 1.807) is 64.2 Å². The zero-order valence-electron chi connectivity index (χ0n) is 29.8. The van der Waals surface area contributed by atoms with Crippen LogP contribution in [0.2, 0.25) is 0 Å². The van der Waals surface area contributed by atoms with Gasteiger partial charge in [-0.05, 0) is 78.4 Å². The molecule has 1 heteroatoms. The first-order valence-electron chi connectivity index (χ1n) is 17.2. The van der Waals surface area contributed by atoms with E-state index in [0.717, 1.165) is 23.7 Å². The third kappa shape index (κ3) is 22.0. The number of fused-ring (bicyclic) bond motifs is 6. The van der Waals surface area contributed by atoms with E-state index in [1.807, 2.05) is 0 Å². The molecule has 0 heterocycles. The summed E-state index contributed by atoms with van der Waals surface area (Å²) in [7, 11) is 0. The largest absolute Gasteiger partial charge is 2.00 e. The molecule has 0 saturated heterocycles. The Kier molecular flexibility index (Phi) is 23.4. The van der Waals surface area contributed by atoms with Crippen LogP contribution in [0, 0.1) is 59.7 Å². The van der Waals surface area contributed by atoms with Crippen LogP contribution >= 0.6 is 0 Å². The third-order valence-electron chi connectivity index (χ3n) is 9.80. The quantitative estimate of drug-likeness (QED) is 0.172. The zero-order valence-corrected chi connectivity index (χ0v) is 32.8. The molecule has 0 nitrogen and oxygen atoms in total. The Hall–Kier alpha value is 0.428. The van der Waals surface area contributed by atoms with Gasteiger partial charge in [0, 0.05) is 0 Å². The predicted octanol–water partition coefficient (Wildman–Crippen LogP) is 13.7. The van der Waals surface area contributed by atoms with Crippen LogP contribution in [0.15, 0.2) is 12.2 Å². The van der Waals surface area contributed by atoms with E-state index in [-0.39, 0.29) is 28.5 Å². The van der Waals surface area contributed by atoms with Crippen molar-refractivity contribution in [2.75, 3.05) is 0 Å². The number of hydrogen-bond acceptors (Lipinski definition) is 0. The van der Waals surface area contributed by atoms with Crippen LogP contribution < -0.4 is 0 Å². The van der Waals surface area contributed by atoms with Crippen molar-refractivity contribution in [3.05, 3.63) is 25.5 Å². The van der Waals surface area contributed by atoms with Gasteiger partial charge in [0.05, 0.1) is 0 Å². The van der Waals surface area contributed by atoms with Gasteiger partial charge in [-0.3, -0.25) is 0 Å². The fraction of sp³-hybridized carbons (Fsp3) is 0.897. The molecule has 40 heavy (non-hydrogen) atoms. The van der Waals surface area contributed by atoms with E-state index in [4.69, 9.17) is 0 Å². The summed E-state index contributed by atoms with van der Waals surface area (Å²) in [6.45, 7) is 24.1. The minimum atomic E-state index is 0. The van der Waals surface area contributed by atoms with Gasteiger partial charge >= 0.3 is 21.1 Å². The van der Waals surface area contributed by atoms with Gasteiger partial charge in [-0.25, -0.2) is 0 Å². The first kappa shape index (κ1) is 42.6. The Morgan fingerprint density at radius 2 is 0.775 bits per heavy atom. The number of allylic oxidation sites excluding steroid dienone is 2. The first-order valence-corrected chi connectivity index (χ1v) is 17.2. The fourth-order valence-electron chi connectivity index (χ4n) is 6.29. The van der Waals surface area contributed by atoms with Crippen LogP contribution in [-0.4, -0.2) is 0 Å². The van der Waals surface area contributed by atoms with Gasteiger partial charge in [0.25, 0.3) is 0 Å². The molecule has 6 aliphatic carbocycles. The topological polar surface area (TPSA) is 0 Å². The fourth-order valence-corrected chi connectivity index (χ4v) is 6.29. The summed E-state index contributed by atoms with van der Waals surface area (Å²) in [5, 5.41) is 0. The van der Waals surface area contributed by atoms with Gasteiger partial charge in [0.15, 0.2) is 0 Å². The van der Waals surface area contributed by atoms with Crippen LogP contribution in [0.25, 0.3) is 0 Å². The summed E-state index contributed by atoms with van der Waals surface area (Å²) in [5.41, 5.74) is 1.08. The Labute approximate surface area is 270 Å². The Morgan fingerprint density at radius 1 is 0.525 bits per heavy atom. The monoisotopic (exact) mass is 729 g/mol. The molecule has 6 bridgehead atoms. The molecule has 6 aliphatic rings. The molecule has 0 aromatic heterocycles. The van der Waals surface area contributed by atoms with Crippen molar-refractivity contribution in [1.29, 1.82) is 0 Å². The Bertz CT molecular complexity index is 542. The van der Waals surface area contributed by atoms with E-state index < -0.39 is 0 Å². The van der Waals surface area contributed by atoms with Crippen LogP contribution in [-0.2, 0) is 21.1 Å². The van der Waals surface area contributed by atoms with Gasteiger partial charge in [-0.2, -0.15) is 20.8 Å². The molecule has 0 radical (unpaired) electrons. The molecule has 0 amide bonds. The molecule has 0 aliphatic heterocycles. The SMILES string of the molecule is C1=CC2CCC1C2.C1CC2CCC(C1)C2.C1CC2CCC1C2.CCC(C)(C)C.CCC(C)(C)C.C[C-](C)C.[CH3-].[W+2]. The maximum atomic E-state index is 2.38. The Balaban J connectivity index is 0. The summed E-state index contributed by atoms with van der Waals surface area (Å²) < 4.78 is 0. The second kappa shape index (κ2) is 22.0. The zero-order chi connectivity index (χ0) is 28.8. The molecule has 0 aromatic rings. The van der Waals surface area contributed by atoms with Gasteiger partial charge in [0.1, 0.15) is 0 Å². The van der Waals surface area contributed by atoms with E-state index in [9.17, 15) is 0 Å². The van der Waals surface area contributed by atoms with Crippen molar-refractivity contribution in [1.82, 2.24) is 0 Å². The molecule has 0 aromatic carbocycles. The van der Waals surface area contributed by atoms with Crippen molar-refractivity contribution in [2.45, 2.75) is 179 Å². The molecule has 0 spiro atoms. The molecule has 0 N–H and O–H groups in total. The van der Waals surface area contributed by atoms with Gasteiger partial charge in [-0.15, -0.1) is 0 Å². The average molecular weight is 729 g/mol. The number of rotatable bonds is 0.